The van der Waals surface area contributed by atoms with Crippen molar-refractivity contribution >= 4 is 11.4 Å². The van der Waals surface area contributed by atoms with Crippen molar-refractivity contribution in [2.24, 2.45) is 9.98 Å². The van der Waals surface area contributed by atoms with E-state index in [2.05, 4.69) is 30.0 Å². The largest absolute Gasteiger partial charge is 2.00 e. The summed E-state index contributed by atoms with van der Waals surface area (Å²) in [6, 6.07) is 37.5. The van der Waals surface area contributed by atoms with E-state index in [1.165, 1.54) is 9.36 Å². The minimum absolute atomic E-state index is 0. The summed E-state index contributed by atoms with van der Waals surface area (Å²) in [5, 5.41) is 54.1. The second kappa shape index (κ2) is 28.7. The van der Waals surface area contributed by atoms with Crippen LogP contribution >= 0.6 is 0 Å². The van der Waals surface area contributed by atoms with E-state index in [1.807, 2.05) is 177 Å². The van der Waals surface area contributed by atoms with Crippen LogP contribution in [0.3, 0.4) is 0 Å². The average Bonchev–Trinajstić information content (AvgIpc) is 3.71. The van der Waals surface area contributed by atoms with Crippen LogP contribution in [0.25, 0.3) is 11.4 Å². The molecule has 0 saturated carbocycles. The topological polar surface area (TPSA) is 159 Å². The quantitative estimate of drug-likeness (QED) is 0.130. The summed E-state index contributed by atoms with van der Waals surface area (Å²) in [5.74, 6) is -0.213. The second-order valence-corrected chi connectivity index (χ2v) is 13.8. The van der Waals surface area contributed by atoms with Crippen LogP contribution in [0, 0.1) is 13.8 Å². The molecule has 0 radical (unpaired) electrons. The summed E-state index contributed by atoms with van der Waals surface area (Å²) in [7, 11) is 8.01. The first-order valence-electron chi connectivity index (χ1n) is 19.1. The fourth-order valence-electron chi connectivity index (χ4n) is 5.48. The molecule has 2 heterocycles. The first-order chi connectivity index (χ1) is 27.9. The van der Waals surface area contributed by atoms with Crippen molar-refractivity contribution in [3.63, 3.8) is 0 Å². The number of hydrogen-bond donors (Lipinski definition) is 0. The van der Waals surface area contributed by atoms with Gasteiger partial charge in [-0.25, -0.2) is 9.36 Å². The predicted octanol–water partition coefficient (Wildman–Crippen LogP) is 4.34. The zero-order chi connectivity index (χ0) is 42.5. The summed E-state index contributed by atoms with van der Waals surface area (Å²) >= 11 is 0. The zero-order valence-electron chi connectivity index (χ0n) is 36.4. The number of rotatable bonds is 12. The van der Waals surface area contributed by atoms with E-state index in [0.29, 0.717) is 24.2 Å². The van der Waals surface area contributed by atoms with Gasteiger partial charge in [-0.1, -0.05) is 108 Å². The molecule has 4 aromatic carbocycles. The van der Waals surface area contributed by atoms with E-state index in [4.69, 9.17) is 0 Å². The molecular weight excluding hydrogens is 859 g/mol. The van der Waals surface area contributed by atoms with Crippen LogP contribution in [0.4, 0.5) is 0 Å². The number of para-hydroxylation sites is 2. The maximum absolute atomic E-state index is 12.5. The molecule has 2 aromatic heterocycles. The van der Waals surface area contributed by atoms with Crippen molar-refractivity contribution in [1.82, 2.24) is 29.4 Å². The summed E-state index contributed by atoms with van der Waals surface area (Å²) < 4.78 is 2.88. The van der Waals surface area contributed by atoms with E-state index in [0.717, 1.165) is 58.4 Å². The normalized spacial score (nSPS) is 10.9. The predicted molar refractivity (Wildman–Crippen MR) is 227 cm³/mol. The molecule has 0 N–H and O–H groups in total. The van der Waals surface area contributed by atoms with Crippen molar-refractivity contribution in [1.29, 1.82) is 0 Å². The number of hydrogen-bond acceptors (Lipinski definition) is 10. The van der Waals surface area contributed by atoms with Gasteiger partial charge >= 0.3 is 39.0 Å². The molecule has 0 bridgehead atoms. The number of likely N-dealkylation sites (N-methyl/N-ethyl adjacent to an activating group) is 2. The van der Waals surface area contributed by atoms with Crippen LogP contribution in [0.5, 0.6) is 11.8 Å². The molecule has 0 amide bonds. The number of aliphatic imine (C=N–C) groups is 2. The minimum atomic E-state index is -0.110. The molecule has 6 aromatic rings. The summed E-state index contributed by atoms with van der Waals surface area (Å²) in [5.41, 5.74) is 7.42. The SMILES string of the molecule is CC(=NCCN(C)C)c1c(C)nn(-c2ccccc2)c1[O-].CC(=NCCN(C)C)c1c(C)nn(-c2ccccc2)c1[O-].[O-]Cc1ccccc1.[O-]Cc1ccccc1.[Zn+2].[Zn+2]. The molecular formula is C46H56N8O4Zn2. The van der Waals surface area contributed by atoms with Crippen LogP contribution < -0.4 is 20.4 Å². The van der Waals surface area contributed by atoms with Gasteiger partial charge in [0, 0.05) is 47.4 Å². The Bertz CT molecular complexity index is 1970. The van der Waals surface area contributed by atoms with Gasteiger partial charge in [-0.2, -0.15) is 10.2 Å². The van der Waals surface area contributed by atoms with Crippen molar-refractivity contribution < 1.29 is 59.4 Å². The molecule has 0 aliphatic carbocycles. The summed E-state index contributed by atoms with van der Waals surface area (Å²) in [4.78, 5) is 13.1. The maximum Gasteiger partial charge on any atom is 2.00 e. The van der Waals surface area contributed by atoms with Crippen LogP contribution in [0.1, 0.15) is 47.5 Å². The van der Waals surface area contributed by atoms with E-state index < -0.39 is 0 Å². The summed E-state index contributed by atoms with van der Waals surface area (Å²) in [6.45, 7) is 10.3. The molecule has 0 spiro atoms. The van der Waals surface area contributed by atoms with Gasteiger partial charge in [-0.05, 0) is 80.2 Å². The molecule has 0 fully saturated rings. The summed E-state index contributed by atoms with van der Waals surface area (Å²) in [6.07, 6.45) is 0. The number of aryl methyl sites for hydroxylation is 2. The van der Waals surface area contributed by atoms with Gasteiger partial charge in [0.2, 0.25) is 0 Å². The number of nitrogens with zero attached hydrogens (tertiary/aromatic N) is 8. The number of aromatic nitrogens is 4. The standard InChI is InChI=1S/2C16H22N4O.2C7H7O.2Zn/c2*1-12(17-10-11-19(3)4)15-13(2)18-20(16(15)21)14-8-6-5-7-9-14;2*8-6-7-4-2-1-3-5-7;;/h2*5-9,21H,10-11H2,1-4H3;2*1-5H,6H2;;/q;;2*-1;2*+2/p-2. The Balaban J connectivity index is 0.000000431. The minimum Gasteiger partial charge on any atom is -0.858 e. The molecule has 0 aliphatic rings. The Morgan fingerprint density at radius 3 is 1.05 bits per heavy atom. The van der Waals surface area contributed by atoms with Crippen molar-refractivity contribution in [3.05, 3.63) is 155 Å². The van der Waals surface area contributed by atoms with Gasteiger partial charge in [0.05, 0.1) is 35.9 Å². The number of benzene rings is 4. The van der Waals surface area contributed by atoms with Gasteiger partial charge in [0.1, 0.15) is 0 Å². The zero-order valence-corrected chi connectivity index (χ0v) is 42.3. The second-order valence-electron chi connectivity index (χ2n) is 13.8. The first kappa shape index (κ1) is 53.3. The van der Waals surface area contributed by atoms with Gasteiger partial charge < -0.3 is 30.2 Å². The van der Waals surface area contributed by atoms with E-state index in [-0.39, 0.29) is 63.9 Å². The van der Waals surface area contributed by atoms with Gasteiger partial charge in [0.15, 0.2) is 0 Å². The van der Waals surface area contributed by atoms with Crippen molar-refractivity contribution in [2.75, 3.05) is 54.4 Å². The van der Waals surface area contributed by atoms with Crippen molar-refractivity contribution in [2.45, 2.75) is 40.9 Å². The molecule has 0 aliphatic heterocycles. The van der Waals surface area contributed by atoms with Crippen molar-refractivity contribution in [3.8, 4) is 23.1 Å². The third kappa shape index (κ3) is 17.5. The van der Waals surface area contributed by atoms with Gasteiger partial charge in [-0.15, -0.1) is 13.2 Å². The van der Waals surface area contributed by atoms with Gasteiger partial charge in [-0.3, -0.25) is 9.98 Å². The van der Waals surface area contributed by atoms with E-state index in [1.54, 1.807) is 0 Å². The molecule has 6 rings (SSSR count). The Morgan fingerprint density at radius 1 is 0.517 bits per heavy atom. The van der Waals surface area contributed by atoms with Gasteiger partial charge in [0.25, 0.3) is 0 Å². The molecule has 308 valence electrons. The monoisotopic (exact) mass is 912 g/mol. The third-order valence-electron chi connectivity index (χ3n) is 8.57. The third-order valence-corrected chi connectivity index (χ3v) is 8.57. The molecule has 0 unspecified atom stereocenters. The van der Waals surface area contributed by atoms with E-state index >= 15 is 0 Å². The van der Waals surface area contributed by atoms with E-state index in [9.17, 15) is 20.4 Å². The van der Waals surface area contributed by atoms with Crippen LogP contribution in [0.15, 0.2) is 131 Å². The fraction of sp³-hybridized carbons (Fsp3) is 0.304. The Labute approximate surface area is 381 Å². The van der Waals surface area contributed by atoms with Crippen LogP contribution in [-0.2, 0) is 52.2 Å². The fourth-order valence-corrected chi connectivity index (χ4v) is 5.48. The Kier molecular flexibility index (Phi) is 25.5. The molecule has 12 nitrogen and oxygen atoms in total. The molecule has 0 atom stereocenters. The molecule has 14 heteroatoms. The van der Waals surface area contributed by atoms with Crippen LogP contribution in [0.2, 0.25) is 0 Å². The molecule has 60 heavy (non-hydrogen) atoms. The maximum atomic E-state index is 12.5. The first-order valence-corrected chi connectivity index (χ1v) is 19.1. The smallest absolute Gasteiger partial charge is 0.858 e. The Hall–Kier alpha value is -4.67. The Morgan fingerprint density at radius 2 is 0.800 bits per heavy atom. The van der Waals surface area contributed by atoms with Crippen LogP contribution in [-0.4, -0.2) is 95.2 Å². The molecule has 0 saturated heterocycles. The average molecular weight is 916 g/mol.